The van der Waals surface area contributed by atoms with Crippen LogP contribution in [0.2, 0.25) is 0 Å². The molecule has 0 bridgehead atoms. The van der Waals surface area contributed by atoms with Crippen molar-refractivity contribution >= 4 is 15.7 Å². The van der Waals surface area contributed by atoms with E-state index in [1.54, 1.807) is 12.1 Å². The van der Waals surface area contributed by atoms with Gasteiger partial charge in [0.25, 0.3) is 0 Å². The topological polar surface area (TPSA) is 70.2 Å². The van der Waals surface area contributed by atoms with Crippen LogP contribution in [0.3, 0.4) is 0 Å². The Morgan fingerprint density at radius 1 is 1.21 bits per heavy atom. The minimum absolute atomic E-state index is 0.294. The van der Waals surface area contributed by atoms with E-state index in [1.165, 1.54) is 19.9 Å². The summed E-state index contributed by atoms with van der Waals surface area (Å²) in [6, 6.07) is 6.86. The number of anilines is 1. The van der Waals surface area contributed by atoms with E-state index >= 15 is 0 Å². The summed E-state index contributed by atoms with van der Waals surface area (Å²) in [4.78, 5) is 0.294. The van der Waals surface area contributed by atoms with Crippen LogP contribution < -0.4 is 15.4 Å². The van der Waals surface area contributed by atoms with Gasteiger partial charge in [0.15, 0.2) is 0 Å². The normalized spacial score (nSPS) is 17.3. The number of piperidine rings is 1. The molecule has 2 rings (SSSR count). The zero-order chi connectivity index (χ0) is 13.7. The molecule has 1 heterocycles. The second kappa shape index (κ2) is 6.36. The molecule has 0 aliphatic carbocycles. The van der Waals surface area contributed by atoms with E-state index in [2.05, 4.69) is 15.4 Å². The third kappa shape index (κ3) is 3.92. The second-order valence-corrected chi connectivity index (χ2v) is 6.69. The van der Waals surface area contributed by atoms with Crippen LogP contribution in [0, 0.1) is 5.92 Å². The van der Waals surface area contributed by atoms with E-state index in [0.717, 1.165) is 25.3 Å². The monoisotopic (exact) mass is 283 g/mol. The molecule has 1 aliphatic heterocycles. The SMILES string of the molecule is CNS(=O)(=O)c1ccc(NCC2CCNCC2)cc1. The molecule has 0 amide bonds. The van der Waals surface area contributed by atoms with Crippen LogP contribution >= 0.6 is 0 Å². The van der Waals surface area contributed by atoms with E-state index in [1.807, 2.05) is 12.1 Å². The molecule has 0 radical (unpaired) electrons. The molecule has 1 aromatic carbocycles. The first-order valence-corrected chi connectivity index (χ1v) is 8.08. The van der Waals surface area contributed by atoms with Crippen LogP contribution in [0.25, 0.3) is 0 Å². The molecule has 1 aliphatic rings. The molecule has 5 nitrogen and oxygen atoms in total. The summed E-state index contributed by atoms with van der Waals surface area (Å²) in [6.45, 7) is 3.12. The number of nitrogens with one attached hydrogen (secondary N) is 3. The summed E-state index contributed by atoms with van der Waals surface area (Å²) in [7, 11) is -1.92. The molecule has 0 spiro atoms. The summed E-state index contributed by atoms with van der Waals surface area (Å²) < 4.78 is 25.5. The van der Waals surface area contributed by atoms with Crippen molar-refractivity contribution in [3.05, 3.63) is 24.3 Å². The lowest BCUT2D eigenvalue weighted by Crippen LogP contribution is -2.31. The average Bonchev–Trinajstić information content (AvgIpc) is 2.47. The molecule has 1 aromatic rings. The Morgan fingerprint density at radius 2 is 1.84 bits per heavy atom. The van der Waals surface area contributed by atoms with Crippen LogP contribution in [0.4, 0.5) is 5.69 Å². The van der Waals surface area contributed by atoms with Gasteiger partial charge >= 0.3 is 0 Å². The Kier molecular flexibility index (Phi) is 4.79. The van der Waals surface area contributed by atoms with Crippen molar-refractivity contribution in [3.8, 4) is 0 Å². The van der Waals surface area contributed by atoms with E-state index in [-0.39, 0.29) is 0 Å². The Bertz CT molecular complexity index is 493. The highest BCUT2D eigenvalue weighted by Gasteiger charge is 2.13. The van der Waals surface area contributed by atoms with Crippen molar-refractivity contribution in [1.82, 2.24) is 10.0 Å². The van der Waals surface area contributed by atoms with Gasteiger partial charge in [-0.05, 0) is 63.2 Å². The van der Waals surface area contributed by atoms with Crippen molar-refractivity contribution in [2.24, 2.45) is 5.92 Å². The van der Waals surface area contributed by atoms with Crippen molar-refractivity contribution in [2.75, 3.05) is 32.0 Å². The van der Waals surface area contributed by atoms with E-state index in [4.69, 9.17) is 0 Å². The quantitative estimate of drug-likeness (QED) is 0.754. The number of rotatable bonds is 5. The van der Waals surface area contributed by atoms with Crippen LogP contribution in [0.5, 0.6) is 0 Å². The third-order valence-corrected chi connectivity index (χ3v) is 4.92. The smallest absolute Gasteiger partial charge is 0.240 e. The zero-order valence-corrected chi connectivity index (χ0v) is 12.0. The Morgan fingerprint density at radius 3 is 2.42 bits per heavy atom. The van der Waals surface area contributed by atoms with Gasteiger partial charge in [-0.25, -0.2) is 13.1 Å². The molecule has 0 unspecified atom stereocenters. The van der Waals surface area contributed by atoms with Crippen molar-refractivity contribution in [2.45, 2.75) is 17.7 Å². The van der Waals surface area contributed by atoms with Gasteiger partial charge in [-0.1, -0.05) is 0 Å². The molecule has 0 atom stereocenters. The lowest BCUT2D eigenvalue weighted by molar-refractivity contribution is 0.390. The third-order valence-electron chi connectivity index (χ3n) is 3.49. The predicted octanol–water partition coefficient (Wildman–Crippen LogP) is 1.01. The zero-order valence-electron chi connectivity index (χ0n) is 11.1. The van der Waals surface area contributed by atoms with Gasteiger partial charge in [-0.15, -0.1) is 0 Å². The largest absolute Gasteiger partial charge is 0.385 e. The van der Waals surface area contributed by atoms with E-state index in [9.17, 15) is 8.42 Å². The van der Waals surface area contributed by atoms with Gasteiger partial charge in [-0.2, -0.15) is 0 Å². The summed E-state index contributed by atoms with van der Waals surface area (Å²) in [5.41, 5.74) is 0.966. The van der Waals surface area contributed by atoms with Gasteiger partial charge in [0, 0.05) is 12.2 Å². The maximum Gasteiger partial charge on any atom is 0.240 e. The predicted molar refractivity (Wildman–Crippen MR) is 76.8 cm³/mol. The fourth-order valence-electron chi connectivity index (χ4n) is 2.22. The minimum Gasteiger partial charge on any atom is -0.385 e. The van der Waals surface area contributed by atoms with Crippen LogP contribution in [-0.4, -0.2) is 35.1 Å². The fourth-order valence-corrected chi connectivity index (χ4v) is 2.95. The average molecular weight is 283 g/mol. The van der Waals surface area contributed by atoms with E-state index in [0.29, 0.717) is 10.8 Å². The lowest BCUT2D eigenvalue weighted by Gasteiger charge is -2.23. The van der Waals surface area contributed by atoms with Crippen LogP contribution in [0.15, 0.2) is 29.2 Å². The first kappa shape index (κ1) is 14.3. The van der Waals surface area contributed by atoms with Crippen LogP contribution in [-0.2, 0) is 10.0 Å². The molecule has 3 N–H and O–H groups in total. The Hall–Kier alpha value is -1.11. The molecule has 6 heteroatoms. The minimum atomic E-state index is -3.34. The van der Waals surface area contributed by atoms with Gasteiger partial charge in [-0.3, -0.25) is 0 Å². The van der Waals surface area contributed by atoms with Crippen molar-refractivity contribution in [3.63, 3.8) is 0 Å². The molecular formula is C13H21N3O2S. The molecule has 1 saturated heterocycles. The molecule has 1 fully saturated rings. The van der Waals surface area contributed by atoms with Crippen LogP contribution in [0.1, 0.15) is 12.8 Å². The fraction of sp³-hybridized carbons (Fsp3) is 0.538. The molecular weight excluding hydrogens is 262 g/mol. The van der Waals surface area contributed by atoms with Crippen molar-refractivity contribution < 1.29 is 8.42 Å². The first-order chi connectivity index (χ1) is 9.12. The number of benzene rings is 1. The summed E-state index contributed by atoms with van der Waals surface area (Å²) >= 11 is 0. The van der Waals surface area contributed by atoms with E-state index < -0.39 is 10.0 Å². The summed E-state index contributed by atoms with van der Waals surface area (Å²) in [6.07, 6.45) is 2.39. The highest BCUT2D eigenvalue weighted by Crippen LogP contribution is 2.16. The summed E-state index contributed by atoms with van der Waals surface area (Å²) in [5, 5.41) is 6.71. The number of sulfonamides is 1. The van der Waals surface area contributed by atoms with Gasteiger partial charge < -0.3 is 10.6 Å². The maximum atomic E-state index is 11.6. The molecule has 0 aromatic heterocycles. The Labute approximate surface area is 114 Å². The van der Waals surface area contributed by atoms with Gasteiger partial charge in [0.2, 0.25) is 10.0 Å². The molecule has 19 heavy (non-hydrogen) atoms. The standard InChI is InChI=1S/C13H21N3O2S/c1-14-19(17,18)13-4-2-12(3-5-13)16-10-11-6-8-15-9-7-11/h2-5,11,14-16H,6-10H2,1H3. The molecule has 106 valence electrons. The van der Waals surface area contributed by atoms with Crippen molar-refractivity contribution in [1.29, 1.82) is 0 Å². The molecule has 0 saturated carbocycles. The first-order valence-electron chi connectivity index (χ1n) is 6.60. The maximum absolute atomic E-state index is 11.6. The number of hydrogen-bond donors (Lipinski definition) is 3. The highest BCUT2D eigenvalue weighted by molar-refractivity contribution is 7.89. The highest BCUT2D eigenvalue weighted by atomic mass is 32.2. The van der Waals surface area contributed by atoms with Gasteiger partial charge in [0.05, 0.1) is 4.90 Å². The second-order valence-electron chi connectivity index (χ2n) is 4.81. The van der Waals surface area contributed by atoms with Gasteiger partial charge in [0.1, 0.15) is 0 Å². The Balaban J connectivity index is 1.91. The lowest BCUT2D eigenvalue weighted by atomic mass is 9.98. The number of hydrogen-bond acceptors (Lipinski definition) is 4. The summed E-state index contributed by atoms with van der Waals surface area (Å²) in [5.74, 6) is 0.696.